The molecular weight excluding hydrogens is 462 g/mol. The molecule has 0 bridgehead atoms. The van der Waals surface area contributed by atoms with Crippen molar-refractivity contribution in [1.82, 2.24) is 25.5 Å². The number of amides is 1. The van der Waals surface area contributed by atoms with Crippen LogP contribution in [0, 0.1) is 5.92 Å². The fourth-order valence-electron chi connectivity index (χ4n) is 7.11. The summed E-state index contributed by atoms with van der Waals surface area (Å²) in [5.41, 5.74) is 0. The van der Waals surface area contributed by atoms with Crippen molar-refractivity contribution < 1.29 is 4.79 Å². The average molecular weight is 512 g/mol. The van der Waals surface area contributed by atoms with Gasteiger partial charge in [-0.25, -0.2) is 4.98 Å². The van der Waals surface area contributed by atoms with E-state index in [0.29, 0.717) is 18.1 Å². The summed E-state index contributed by atoms with van der Waals surface area (Å²) in [5, 5.41) is 10.5. The van der Waals surface area contributed by atoms with Crippen molar-refractivity contribution in [3.63, 3.8) is 0 Å². The SMILES string of the molecule is O=C(NCCC1C(Nc2nccc(N3CCCCCC3)n2)CCCN1C1CCCCC1)[C@H]1CCCNC1. The van der Waals surface area contributed by atoms with Gasteiger partial charge in [-0.15, -0.1) is 0 Å². The average Bonchev–Trinajstić information content (AvgIpc) is 3.25. The van der Waals surface area contributed by atoms with Crippen LogP contribution in [0.3, 0.4) is 0 Å². The number of hydrogen-bond donors (Lipinski definition) is 3. The topological polar surface area (TPSA) is 85.4 Å². The molecule has 206 valence electrons. The van der Waals surface area contributed by atoms with E-state index in [2.05, 4.69) is 36.8 Å². The lowest BCUT2D eigenvalue weighted by Crippen LogP contribution is -2.56. The molecule has 0 spiro atoms. The Kier molecular flexibility index (Phi) is 9.91. The van der Waals surface area contributed by atoms with Crippen LogP contribution in [0.1, 0.15) is 89.9 Å². The molecule has 4 fully saturated rings. The van der Waals surface area contributed by atoms with E-state index in [-0.39, 0.29) is 11.8 Å². The maximum Gasteiger partial charge on any atom is 0.224 e. The molecule has 2 unspecified atom stereocenters. The molecule has 0 aromatic carbocycles. The van der Waals surface area contributed by atoms with Gasteiger partial charge in [0, 0.05) is 50.5 Å². The van der Waals surface area contributed by atoms with Gasteiger partial charge in [0.15, 0.2) is 0 Å². The first-order chi connectivity index (χ1) is 18.3. The maximum absolute atomic E-state index is 12.8. The molecule has 1 amide bonds. The van der Waals surface area contributed by atoms with Crippen molar-refractivity contribution in [3.8, 4) is 0 Å². The van der Waals surface area contributed by atoms with E-state index >= 15 is 0 Å². The van der Waals surface area contributed by atoms with Gasteiger partial charge in [-0.1, -0.05) is 32.1 Å². The number of rotatable bonds is 8. The fourth-order valence-corrected chi connectivity index (χ4v) is 7.11. The van der Waals surface area contributed by atoms with Gasteiger partial charge in [0.25, 0.3) is 0 Å². The first kappa shape index (κ1) is 26.7. The fraction of sp³-hybridized carbons (Fsp3) is 0.828. The Morgan fingerprint density at radius 2 is 1.76 bits per heavy atom. The smallest absolute Gasteiger partial charge is 0.224 e. The number of nitrogens with one attached hydrogen (secondary N) is 3. The van der Waals surface area contributed by atoms with Crippen LogP contribution in [0.4, 0.5) is 11.8 Å². The minimum Gasteiger partial charge on any atom is -0.356 e. The van der Waals surface area contributed by atoms with Gasteiger partial charge in [-0.05, 0) is 76.9 Å². The number of nitrogens with zero attached hydrogens (tertiary/aromatic N) is 4. The summed E-state index contributed by atoms with van der Waals surface area (Å²) < 4.78 is 0. The van der Waals surface area contributed by atoms with Gasteiger partial charge in [-0.3, -0.25) is 9.69 Å². The van der Waals surface area contributed by atoms with E-state index in [1.807, 2.05) is 6.20 Å². The van der Waals surface area contributed by atoms with E-state index in [9.17, 15) is 4.79 Å². The lowest BCUT2D eigenvalue weighted by molar-refractivity contribution is -0.125. The molecule has 1 saturated carbocycles. The summed E-state index contributed by atoms with van der Waals surface area (Å²) in [6.07, 6.45) is 19.2. The van der Waals surface area contributed by atoms with Crippen LogP contribution >= 0.6 is 0 Å². The third kappa shape index (κ3) is 7.34. The normalized spacial score (nSPS) is 28.4. The van der Waals surface area contributed by atoms with E-state index in [4.69, 9.17) is 4.98 Å². The van der Waals surface area contributed by atoms with Crippen molar-refractivity contribution in [2.45, 2.75) is 108 Å². The van der Waals surface area contributed by atoms with E-state index in [1.165, 1.54) is 70.8 Å². The highest BCUT2D eigenvalue weighted by molar-refractivity contribution is 5.78. The second-order valence-corrected chi connectivity index (χ2v) is 11.8. The van der Waals surface area contributed by atoms with Crippen LogP contribution in [0.15, 0.2) is 12.3 Å². The Labute approximate surface area is 223 Å². The maximum atomic E-state index is 12.8. The second-order valence-electron chi connectivity index (χ2n) is 11.8. The predicted molar refractivity (Wildman–Crippen MR) is 150 cm³/mol. The summed E-state index contributed by atoms with van der Waals surface area (Å²) >= 11 is 0. The molecule has 37 heavy (non-hydrogen) atoms. The summed E-state index contributed by atoms with van der Waals surface area (Å²) in [6, 6.07) is 3.44. The highest BCUT2D eigenvalue weighted by Gasteiger charge is 2.36. The Morgan fingerprint density at radius 1 is 0.946 bits per heavy atom. The zero-order valence-electron chi connectivity index (χ0n) is 22.8. The summed E-state index contributed by atoms with van der Waals surface area (Å²) in [5.74, 6) is 2.17. The first-order valence-corrected chi connectivity index (χ1v) is 15.4. The molecule has 8 heteroatoms. The Hall–Kier alpha value is -1.93. The van der Waals surface area contributed by atoms with Crippen molar-refractivity contribution in [2.24, 2.45) is 5.92 Å². The number of anilines is 2. The minimum atomic E-state index is 0.124. The largest absolute Gasteiger partial charge is 0.356 e. The van der Waals surface area contributed by atoms with Gasteiger partial charge in [0.2, 0.25) is 11.9 Å². The molecule has 3 N–H and O–H groups in total. The summed E-state index contributed by atoms with van der Waals surface area (Å²) in [7, 11) is 0. The third-order valence-corrected chi connectivity index (χ3v) is 9.16. The number of carbonyl (C=O) groups is 1. The van der Waals surface area contributed by atoms with Crippen molar-refractivity contribution >= 4 is 17.7 Å². The molecule has 3 saturated heterocycles. The standard InChI is InChI=1S/C29H49N7O/c37-28(23-10-8-16-30-22-23)31-17-14-26-25(13-9-21-36(26)24-11-4-3-5-12-24)33-29-32-18-15-27(34-29)35-19-6-1-2-7-20-35/h15,18,23-26,30H,1-14,16-17,19-22H2,(H,31,37)(H,32,33,34)/t23-,25?,26?/m0/s1. The zero-order chi connectivity index (χ0) is 25.3. The monoisotopic (exact) mass is 511 g/mol. The molecular formula is C29H49N7O. The lowest BCUT2D eigenvalue weighted by Gasteiger charge is -2.47. The predicted octanol–water partition coefficient (Wildman–Crippen LogP) is 3.94. The molecule has 8 nitrogen and oxygen atoms in total. The van der Waals surface area contributed by atoms with Crippen LogP contribution in [0.2, 0.25) is 0 Å². The Morgan fingerprint density at radius 3 is 2.54 bits per heavy atom. The van der Waals surface area contributed by atoms with Crippen molar-refractivity contribution in [1.29, 1.82) is 0 Å². The number of piperidine rings is 2. The van der Waals surface area contributed by atoms with E-state index in [1.54, 1.807) is 0 Å². The molecule has 4 heterocycles. The number of likely N-dealkylation sites (tertiary alicyclic amines) is 1. The van der Waals surface area contributed by atoms with Gasteiger partial charge in [-0.2, -0.15) is 4.98 Å². The Bertz CT molecular complexity index is 831. The molecule has 0 radical (unpaired) electrons. The number of aromatic nitrogens is 2. The molecule has 3 aliphatic heterocycles. The van der Waals surface area contributed by atoms with Crippen molar-refractivity contribution in [3.05, 3.63) is 12.3 Å². The molecule has 1 aromatic heterocycles. The molecule has 3 atom stereocenters. The highest BCUT2D eigenvalue weighted by atomic mass is 16.1. The van der Waals surface area contributed by atoms with E-state index in [0.717, 1.165) is 70.2 Å². The Balaban J connectivity index is 1.25. The van der Waals surface area contributed by atoms with Gasteiger partial charge in [0.1, 0.15) is 5.82 Å². The quantitative estimate of drug-likeness (QED) is 0.487. The van der Waals surface area contributed by atoms with E-state index < -0.39 is 0 Å². The van der Waals surface area contributed by atoms with Crippen LogP contribution < -0.4 is 20.9 Å². The van der Waals surface area contributed by atoms with Crippen LogP contribution in [-0.2, 0) is 4.79 Å². The van der Waals surface area contributed by atoms with Crippen LogP contribution in [0.5, 0.6) is 0 Å². The molecule has 1 aliphatic carbocycles. The number of hydrogen-bond acceptors (Lipinski definition) is 7. The van der Waals surface area contributed by atoms with Crippen LogP contribution in [0.25, 0.3) is 0 Å². The van der Waals surface area contributed by atoms with Crippen molar-refractivity contribution in [2.75, 3.05) is 49.5 Å². The molecule has 5 rings (SSSR count). The highest BCUT2D eigenvalue weighted by Crippen LogP contribution is 2.31. The zero-order valence-corrected chi connectivity index (χ0v) is 22.8. The lowest BCUT2D eigenvalue weighted by atomic mass is 9.87. The van der Waals surface area contributed by atoms with Gasteiger partial charge < -0.3 is 20.9 Å². The summed E-state index contributed by atoms with van der Waals surface area (Å²) in [4.78, 5) is 27.7. The van der Waals surface area contributed by atoms with Gasteiger partial charge >= 0.3 is 0 Å². The molecule has 1 aromatic rings. The minimum absolute atomic E-state index is 0.124. The number of carbonyl (C=O) groups excluding carboxylic acids is 1. The third-order valence-electron chi connectivity index (χ3n) is 9.16. The first-order valence-electron chi connectivity index (χ1n) is 15.4. The summed E-state index contributed by atoms with van der Waals surface area (Å²) in [6.45, 7) is 5.95. The molecule has 4 aliphatic rings. The van der Waals surface area contributed by atoms with Crippen LogP contribution in [-0.4, -0.2) is 78.2 Å². The van der Waals surface area contributed by atoms with Gasteiger partial charge in [0.05, 0.1) is 5.92 Å². The second kappa shape index (κ2) is 13.7.